The molecule has 4 aliphatic rings. The van der Waals surface area contributed by atoms with Gasteiger partial charge in [-0.1, -0.05) is 40.5 Å². The molecule has 0 aromatic carbocycles. The second-order valence-electron chi connectivity index (χ2n) is 9.53. The minimum atomic E-state index is 0.229. The zero-order valence-electron chi connectivity index (χ0n) is 17.7. The molecule has 0 radical (unpaired) electrons. The maximum Gasteiger partial charge on any atom is 0.0923 e. The predicted molar refractivity (Wildman–Crippen MR) is 105 cm³/mol. The number of hydrogen-bond donors (Lipinski definition) is 0. The van der Waals surface area contributed by atoms with Crippen LogP contribution in [0.25, 0.3) is 0 Å². The molecule has 2 aliphatic heterocycles. The van der Waals surface area contributed by atoms with Gasteiger partial charge in [0.1, 0.15) is 0 Å². The molecule has 0 amide bonds. The van der Waals surface area contributed by atoms with Crippen molar-refractivity contribution in [3.05, 3.63) is 0 Å². The van der Waals surface area contributed by atoms with Crippen molar-refractivity contribution < 1.29 is 9.47 Å². The fourth-order valence-corrected chi connectivity index (χ4v) is 6.74. The monoisotopic (exact) mass is 350 g/mol. The van der Waals surface area contributed by atoms with E-state index in [9.17, 15) is 0 Å². The predicted octanol–water partition coefficient (Wildman–Crippen LogP) is 6.51. The van der Waals surface area contributed by atoms with Gasteiger partial charge in [0.05, 0.1) is 23.4 Å². The smallest absolute Gasteiger partial charge is 0.0923 e. The summed E-state index contributed by atoms with van der Waals surface area (Å²) in [5.74, 6) is 1.74. The molecule has 2 saturated carbocycles. The Labute approximate surface area is 156 Å². The van der Waals surface area contributed by atoms with Gasteiger partial charge in [0.2, 0.25) is 0 Å². The van der Waals surface area contributed by atoms with E-state index in [1.165, 1.54) is 64.2 Å². The molecule has 0 bridgehead atoms. The highest BCUT2D eigenvalue weighted by molar-refractivity contribution is 5.11. The third-order valence-corrected chi connectivity index (χ3v) is 7.99. The standard InChI is InChI=1S/C21H36O2.C2H6/c1-5-11-21(12-6-2,15-7-9-17-19(3,13-15)22-17)16-8-10-18-20(4,14-16)23-18;1-2/h15-18H,5-14H2,1-4H3;1-2H3. The summed E-state index contributed by atoms with van der Waals surface area (Å²) in [7, 11) is 0. The summed E-state index contributed by atoms with van der Waals surface area (Å²) < 4.78 is 12.1. The van der Waals surface area contributed by atoms with Crippen molar-refractivity contribution in [2.45, 2.75) is 129 Å². The number of epoxide rings is 2. The van der Waals surface area contributed by atoms with Crippen LogP contribution in [-0.4, -0.2) is 23.4 Å². The van der Waals surface area contributed by atoms with E-state index >= 15 is 0 Å². The molecule has 4 fully saturated rings. The summed E-state index contributed by atoms with van der Waals surface area (Å²) in [6.07, 6.45) is 14.7. The molecule has 6 unspecified atom stereocenters. The Bertz CT molecular complexity index is 419. The molecule has 2 aliphatic carbocycles. The number of fused-ring (bicyclic) bond motifs is 2. The fraction of sp³-hybridized carbons (Fsp3) is 1.00. The van der Waals surface area contributed by atoms with Gasteiger partial charge in [-0.25, -0.2) is 0 Å². The first-order valence-electron chi connectivity index (χ1n) is 11.3. The third kappa shape index (κ3) is 3.43. The molecule has 146 valence electrons. The highest BCUT2D eigenvalue weighted by Gasteiger charge is 2.62. The average molecular weight is 351 g/mol. The van der Waals surface area contributed by atoms with Gasteiger partial charge in [0.15, 0.2) is 0 Å². The summed E-state index contributed by atoms with van der Waals surface area (Å²) in [6, 6.07) is 0. The van der Waals surface area contributed by atoms with Crippen LogP contribution >= 0.6 is 0 Å². The molecule has 0 aromatic heterocycles. The highest BCUT2D eigenvalue weighted by atomic mass is 16.6. The first-order valence-corrected chi connectivity index (χ1v) is 11.3. The Kier molecular flexibility index (Phi) is 5.63. The lowest BCUT2D eigenvalue weighted by Crippen LogP contribution is -2.45. The molecule has 2 heteroatoms. The van der Waals surface area contributed by atoms with E-state index in [4.69, 9.17) is 9.47 Å². The summed E-state index contributed by atoms with van der Waals surface area (Å²) in [6.45, 7) is 13.5. The van der Waals surface area contributed by atoms with Crippen LogP contribution in [0.2, 0.25) is 0 Å². The van der Waals surface area contributed by atoms with E-state index in [-0.39, 0.29) is 11.2 Å². The van der Waals surface area contributed by atoms with Crippen molar-refractivity contribution in [1.29, 1.82) is 0 Å². The molecule has 2 heterocycles. The van der Waals surface area contributed by atoms with Crippen molar-refractivity contribution >= 4 is 0 Å². The first kappa shape index (κ1) is 19.7. The maximum absolute atomic E-state index is 6.06. The molecule has 2 nitrogen and oxygen atoms in total. The normalized spacial score (nSPS) is 44.9. The van der Waals surface area contributed by atoms with E-state index < -0.39 is 0 Å². The number of rotatable bonds is 6. The quantitative estimate of drug-likeness (QED) is 0.510. The van der Waals surface area contributed by atoms with Crippen molar-refractivity contribution in [2.24, 2.45) is 17.3 Å². The zero-order chi connectivity index (χ0) is 18.3. The van der Waals surface area contributed by atoms with Gasteiger partial charge < -0.3 is 9.47 Å². The van der Waals surface area contributed by atoms with Gasteiger partial charge in [-0.2, -0.15) is 0 Å². The Balaban J connectivity index is 0.000000880. The van der Waals surface area contributed by atoms with Gasteiger partial charge >= 0.3 is 0 Å². The molecule has 0 aromatic rings. The van der Waals surface area contributed by atoms with Crippen LogP contribution in [-0.2, 0) is 9.47 Å². The van der Waals surface area contributed by atoms with Gasteiger partial charge in [0, 0.05) is 0 Å². The summed E-state index contributed by atoms with van der Waals surface area (Å²) in [5.41, 5.74) is 1.00. The zero-order valence-corrected chi connectivity index (χ0v) is 17.7. The van der Waals surface area contributed by atoms with E-state index in [0.29, 0.717) is 17.6 Å². The second-order valence-corrected chi connectivity index (χ2v) is 9.53. The van der Waals surface area contributed by atoms with Crippen LogP contribution in [0.4, 0.5) is 0 Å². The molecule has 4 rings (SSSR count). The average Bonchev–Trinajstić information content (AvgIpc) is 3.47. The van der Waals surface area contributed by atoms with Gasteiger partial charge in [0.25, 0.3) is 0 Å². The topological polar surface area (TPSA) is 25.1 Å². The SMILES string of the molecule is CC.CCCC(CCC)(C1CCC2OC2(C)C1)C1CCC2OC2(C)C1. The minimum absolute atomic E-state index is 0.229. The molecule has 6 atom stereocenters. The Hall–Kier alpha value is -0.0800. The molecular weight excluding hydrogens is 308 g/mol. The van der Waals surface area contributed by atoms with Crippen LogP contribution in [0.5, 0.6) is 0 Å². The summed E-state index contributed by atoms with van der Waals surface area (Å²) in [4.78, 5) is 0. The lowest BCUT2D eigenvalue weighted by atomic mass is 9.53. The van der Waals surface area contributed by atoms with Crippen LogP contribution < -0.4 is 0 Å². The van der Waals surface area contributed by atoms with Gasteiger partial charge in [-0.15, -0.1) is 0 Å². The maximum atomic E-state index is 6.06. The van der Waals surface area contributed by atoms with Crippen LogP contribution in [0.3, 0.4) is 0 Å². The van der Waals surface area contributed by atoms with Crippen molar-refractivity contribution in [1.82, 2.24) is 0 Å². The highest BCUT2D eigenvalue weighted by Crippen LogP contribution is 2.62. The van der Waals surface area contributed by atoms with Crippen LogP contribution in [0, 0.1) is 17.3 Å². The molecule has 25 heavy (non-hydrogen) atoms. The van der Waals surface area contributed by atoms with Gasteiger partial charge in [-0.3, -0.25) is 0 Å². The van der Waals surface area contributed by atoms with Crippen molar-refractivity contribution in [2.75, 3.05) is 0 Å². The van der Waals surface area contributed by atoms with E-state index in [0.717, 1.165) is 11.8 Å². The van der Waals surface area contributed by atoms with E-state index in [1.54, 1.807) is 0 Å². The van der Waals surface area contributed by atoms with E-state index in [2.05, 4.69) is 27.7 Å². The third-order valence-electron chi connectivity index (χ3n) is 7.99. The summed E-state index contributed by atoms with van der Waals surface area (Å²) >= 11 is 0. The Morgan fingerprint density at radius 3 is 1.48 bits per heavy atom. The number of ether oxygens (including phenoxy) is 2. The van der Waals surface area contributed by atoms with Crippen molar-refractivity contribution in [3.8, 4) is 0 Å². The molecule has 0 N–H and O–H groups in total. The fourth-order valence-electron chi connectivity index (χ4n) is 6.74. The Morgan fingerprint density at radius 1 is 0.760 bits per heavy atom. The largest absolute Gasteiger partial charge is 0.366 e. The first-order chi connectivity index (χ1) is 12.0. The summed E-state index contributed by atoms with van der Waals surface area (Å²) in [5, 5.41) is 0. The Morgan fingerprint density at radius 2 is 1.16 bits per heavy atom. The van der Waals surface area contributed by atoms with E-state index in [1.807, 2.05) is 13.8 Å². The van der Waals surface area contributed by atoms with Gasteiger partial charge in [-0.05, 0) is 82.5 Å². The van der Waals surface area contributed by atoms with Crippen molar-refractivity contribution in [3.63, 3.8) is 0 Å². The second kappa shape index (κ2) is 7.15. The molecular formula is C23H42O2. The number of hydrogen-bond acceptors (Lipinski definition) is 2. The lowest BCUT2D eigenvalue weighted by Gasteiger charge is -2.50. The molecule has 2 saturated heterocycles. The molecule has 0 spiro atoms. The lowest BCUT2D eigenvalue weighted by molar-refractivity contribution is -0.00411. The van der Waals surface area contributed by atoms with Crippen LogP contribution in [0.15, 0.2) is 0 Å². The van der Waals surface area contributed by atoms with Crippen LogP contribution in [0.1, 0.15) is 106 Å². The minimum Gasteiger partial charge on any atom is -0.366 e.